The monoisotopic (exact) mass is 323 g/mol. The van der Waals surface area contributed by atoms with Crippen LogP contribution in [0, 0.1) is 12.7 Å². The number of rotatable bonds is 3. The number of nitrogens with one attached hydrogen (secondary N) is 1. The molecule has 1 unspecified atom stereocenters. The summed E-state index contributed by atoms with van der Waals surface area (Å²) in [6.07, 6.45) is 0. The lowest BCUT2D eigenvalue weighted by Crippen LogP contribution is -2.07. The summed E-state index contributed by atoms with van der Waals surface area (Å²) in [7, 11) is 0. The Balaban J connectivity index is 2.22. The van der Waals surface area contributed by atoms with Gasteiger partial charge in [0.1, 0.15) is 11.6 Å². The van der Waals surface area contributed by atoms with E-state index in [2.05, 4.69) is 21.2 Å². The van der Waals surface area contributed by atoms with Gasteiger partial charge < -0.3 is 10.4 Å². The first kappa shape index (κ1) is 13.9. The number of aromatic hydroxyl groups is 1. The Bertz CT molecular complexity index is 601. The van der Waals surface area contributed by atoms with Crippen molar-refractivity contribution in [3.05, 3.63) is 57.8 Å². The first-order valence-electron chi connectivity index (χ1n) is 5.98. The first-order valence-corrected chi connectivity index (χ1v) is 6.78. The van der Waals surface area contributed by atoms with E-state index in [4.69, 9.17) is 0 Å². The fourth-order valence-electron chi connectivity index (χ4n) is 1.88. The predicted octanol–water partition coefficient (Wildman–Crippen LogP) is 4.78. The molecule has 2 nitrogen and oxygen atoms in total. The van der Waals surface area contributed by atoms with Crippen LogP contribution in [0.25, 0.3) is 0 Å². The Morgan fingerprint density at radius 2 is 1.95 bits per heavy atom. The third kappa shape index (κ3) is 3.26. The van der Waals surface area contributed by atoms with Gasteiger partial charge in [0.2, 0.25) is 0 Å². The van der Waals surface area contributed by atoms with Crippen LogP contribution in [-0.4, -0.2) is 5.11 Å². The number of halogens is 2. The number of phenolic OH excluding ortho intramolecular Hbond substituents is 1. The van der Waals surface area contributed by atoms with E-state index in [1.165, 1.54) is 18.2 Å². The number of aryl methyl sites for hydroxylation is 1. The highest BCUT2D eigenvalue weighted by atomic mass is 79.9. The summed E-state index contributed by atoms with van der Waals surface area (Å²) in [4.78, 5) is 0. The standard InChI is InChI=1S/C15H15BrFNO/c1-9-3-5-12(8-14(9)16)18-10(2)13-7-11(17)4-6-15(13)19/h3-8,10,18-19H,1-2H3. The second kappa shape index (κ2) is 5.61. The molecule has 100 valence electrons. The Labute approximate surface area is 120 Å². The smallest absolute Gasteiger partial charge is 0.123 e. The summed E-state index contributed by atoms with van der Waals surface area (Å²) in [5.41, 5.74) is 2.59. The van der Waals surface area contributed by atoms with Gasteiger partial charge in [-0.1, -0.05) is 22.0 Å². The lowest BCUT2D eigenvalue weighted by atomic mass is 10.1. The fourth-order valence-corrected chi connectivity index (χ4v) is 2.26. The Morgan fingerprint density at radius 1 is 1.21 bits per heavy atom. The van der Waals surface area contributed by atoms with Crippen LogP contribution in [0.2, 0.25) is 0 Å². The molecule has 0 spiro atoms. The molecule has 2 aromatic rings. The van der Waals surface area contributed by atoms with Crippen molar-refractivity contribution in [2.75, 3.05) is 5.32 Å². The maximum Gasteiger partial charge on any atom is 0.123 e. The van der Waals surface area contributed by atoms with Gasteiger partial charge in [-0.3, -0.25) is 0 Å². The van der Waals surface area contributed by atoms with Crippen LogP contribution in [0.15, 0.2) is 40.9 Å². The van der Waals surface area contributed by atoms with Crippen molar-refractivity contribution in [3.8, 4) is 5.75 Å². The zero-order valence-corrected chi connectivity index (χ0v) is 12.3. The van der Waals surface area contributed by atoms with Crippen molar-refractivity contribution in [1.82, 2.24) is 0 Å². The van der Waals surface area contributed by atoms with Crippen molar-refractivity contribution >= 4 is 21.6 Å². The highest BCUT2D eigenvalue weighted by Crippen LogP contribution is 2.29. The largest absolute Gasteiger partial charge is 0.508 e. The van der Waals surface area contributed by atoms with Gasteiger partial charge in [-0.25, -0.2) is 4.39 Å². The quantitative estimate of drug-likeness (QED) is 0.852. The molecule has 2 aromatic carbocycles. The average Bonchev–Trinajstić information content (AvgIpc) is 2.36. The molecule has 4 heteroatoms. The van der Waals surface area contributed by atoms with Crippen molar-refractivity contribution in [2.45, 2.75) is 19.9 Å². The van der Waals surface area contributed by atoms with Crippen molar-refractivity contribution in [3.63, 3.8) is 0 Å². The van der Waals surface area contributed by atoms with Crippen LogP contribution >= 0.6 is 15.9 Å². The summed E-state index contributed by atoms with van der Waals surface area (Å²) >= 11 is 3.47. The van der Waals surface area contributed by atoms with E-state index >= 15 is 0 Å². The molecule has 19 heavy (non-hydrogen) atoms. The molecule has 0 heterocycles. The molecule has 0 fully saturated rings. The van der Waals surface area contributed by atoms with Crippen molar-refractivity contribution in [1.29, 1.82) is 0 Å². The summed E-state index contributed by atoms with van der Waals surface area (Å²) in [6.45, 7) is 3.89. The van der Waals surface area contributed by atoms with Crippen LogP contribution in [-0.2, 0) is 0 Å². The Kier molecular flexibility index (Phi) is 4.10. The van der Waals surface area contributed by atoms with Gasteiger partial charge in [0.15, 0.2) is 0 Å². The molecule has 0 radical (unpaired) electrons. The lowest BCUT2D eigenvalue weighted by molar-refractivity contribution is 0.462. The Morgan fingerprint density at radius 3 is 2.63 bits per heavy atom. The van der Waals surface area contributed by atoms with E-state index in [0.717, 1.165) is 15.7 Å². The van der Waals surface area contributed by atoms with Crippen LogP contribution in [0.4, 0.5) is 10.1 Å². The van der Waals surface area contributed by atoms with E-state index in [1.54, 1.807) is 0 Å². The molecule has 0 amide bonds. The average molecular weight is 324 g/mol. The van der Waals surface area contributed by atoms with Gasteiger partial charge in [-0.05, 0) is 49.7 Å². The van der Waals surface area contributed by atoms with Gasteiger partial charge in [0, 0.05) is 15.7 Å². The molecule has 0 aliphatic heterocycles. The maximum absolute atomic E-state index is 13.2. The number of hydrogen-bond acceptors (Lipinski definition) is 2. The highest BCUT2D eigenvalue weighted by molar-refractivity contribution is 9.10. The minimum atomic E-state index is -0.355. The van der Waals surface area contributed by atoms with E-state index in [-0.39, 0.29) is 17.6 Å². The summed E-state index contributed by atoms with van der Waals surface area (Å²) in [5, 5.41) is 13.0. The minimum absolute atomic E-state index is 0.0903. The zero-order valence-electron chi connectivity index (χ0n) is 10.7. The molecular weight excluding hydrogens is 309 g/mol. The molecule has 2 rings (SSSR count). The van der Waals surface area contributed by atoms with E-state index < -0.39 is 0 Å². The SMILES string of the molecule is Cc1ccc(NC(C)c2cc(F)ccc2O)cc1Br. The topological polar surface area (TPSA) is 32.3 Å². The third-order valence-electron chi connectivity index (χ3n) is 3.01. The normalized spacial score (nSPS) is 12.2. The van der Waals surface area contributed by atoms with Crippen LogP contribution in [0.3, 0.4) is 0 Å². The van der Waals surface area contributed by atoms with Crippen molar-refractivity contribution in [2.24, 2.45) is 0 Å². The van der Waals surface area contributed by atoms with Crippen LogP contribution in [0.5, 0.6) is 5.75 Å². The first-order chi connectivity index (χ1) is 8.97. The van der Waals surface area contributed by atoms with Gasteiger partial charge in [0.25, 0.3) is 0 Å². The molecule has 2 N–H and O–H groups in total. The molecule has 0 bridgehead atoms. The van der Waals surface area contributed by atoms with E-state index in [1.807, 2.05) is 32.0 Å². The number of hydrogen-bond donors (Lipinski definition) is 2. The molecule has 0 aliphatic rings. The van der Waals surface area contributed by atoms with Gasteiger partial charge in [0.05, 0.1) is 6.04 Å². The molecule has 0 aliphatic carbocycles. The minimum Gasteiger partial charge on any atom is -0.508 e. The molecular formula is C15H15BrFNO. The predicted molar refractivity (Wildman–Crippen MR) is 79.0 cm³/mol. The van der Waals surface area contributed by atoms with Gasteiger partial charge in [-0.2, -0.15) is 0 Å². The second-order valence-corrected chi connectivity index (χ2v) is 5.39. The second-order valence-electron chi connectivity index (χ2n) is 4.53. The summed E-state index contributed by atoms with van der Waals surface area (Å²) in [5.74, 6) is -0.265. The molecule has 0 aromatic heterocycles. The number of anilines is 1. The third-order valence-corrected chi connectivity index (χ3v) is 3.87. The Hall–Kier alpha value is -1.55. The van der Waals surface area contributed by atoms with Gasteiger partial charge >= 0.3 is 0 Å². The summed E-state index contributed by atoms with van der Waals surface area (Å²) < 4.78 is 14.2. The highest BCUT2D eigenvalue weighted by Gasteiger charge is 2.11. The van der Waals surface area contributed by atoms with Crippen LogP contribution < -0.4 is 5.32 Å². The summed E-state index contributed by atoms with van der Waals surface area (Å²) in [6, 6.07) is 9.67. The number of phenols is 1. The number of benzene rings is 2. The zero-order chi connectivity index (χ0) is 14.0. The molecule has 0 saturated carbocycles. The van der Waals surface area contributed by atoms with Crippen LogP contribution in [0.1, 0.15) is 24.1 Å². The van der Waals surface area contributed by atoms with E-state index in [9.17, 15) is 9.50 Å². The van der Waals surface area contributed by atoms with Gasteiger partial charge in [-0.15, -0.1) is 0 Å². The van der Waals surface area contributed by atoms with Crippen molar-refractivity contribution < 1.29 is 9.50 Å². The molecule has 0 saturated heterocycles. The fraction of sp³-hybridized carbons (Fsp3) is 0.200. The molecule has 1 atom stereocenters. The maximum atomic E-state index is 13.2. The van der Waals surface area contributed by atoms with E-state index in [0.29, 0.717) is 5.56 Å². The lowest BCUT2D eigenvalue weighted by Gasteiger charge is -2.17.